The second-order valence-electron chi connectivity index (χ2n) is 6.97. The Hall–Kier alpha value is -0.570. The van der Waals surface area contributed by atoms with Crippen molar-refractivity contribution >= 4 is 11.6 Å². The third-order valence-electron chi connectivity index (χ3n) is 4.47. The Morgan fingerprint density at radius 2 is 2.10 bits per heavy atom. The molecule has 1 aliphatic rings. The van der Waals surface area contributed by atoms with Crippen LogP contribution < -0.4 is 5.32 Å². The fourth-order valence-electron chi connectivity index (χ4n) is 3.29. The zero-order chi connectivity index (χ0) is 14.9. The van der Waals surface area contributed by atoms with Crippen molar-refractivity contribution in [3.05, 3.63) is 34.3 Å². The minimum atomic E-state index is 0.176. The fourth-order valence-corrected chi connectivity index (χ4v) is 3.47. The summed E-state index contributed by atoms with van der Waals surface area (Å²) in [5, 5.41) is 13.8. The number of hydrogen-bond acceptors (Lipinski definition) is 2. The van der Waals surface area contributed by atoms with E-state index < -0.39 is 0 Å². The van der Waals surface area contributed by atoms with Crippen LogP contribution in [-0.2, 0) is 6.42 Å². The van der Waals surface area contributed by atoms with Crippen molar-refractivity contribution in [3.8, 4) is 0 Å². The molecule has 2 rings (SSSR count). The molecule has 0 bridgehead atoms. The maximum atomic E-state index is 9.27. The monoisotopic (exact) mass is 295 g/mol. The Bertz CT molecular complexity index is 470. The zero-order valence-electron chi connectivity index (χ0n) is 12.9. The van der Waals surface area contributed by atoms with E-state index >= 15 is 0 Å². The molecule has 1 aromatic carbocycles. The summed E-state index contributed by atoms with van der Waals surface area (Å²) < 4.78 is 0. The van der Waals surface area contributed by atoms with Gasteiger partial charge in [-0.1, -0.05) is 45.4 Å². The van der Waals surface area contributed by atoms with Crippen molar-refractivity contribution in [3.63, 3.8) is 0 Å². The van der Waals surface area contributed by atoms with E-state index in [0.717, 1.165) is 17.9 Å². The molecule has 2 unspecified atom stereocenters. The van der Waals surface area contributed by atoms with E-state index in [0.29, 0.717) is 18.0 Å². The van der Waals surface area contributed by atoms with Crippen molar-refractivity contribution in [2.45, 2.75) is 52.6 Å². The van der Waals surface area contributed by atoms with Crippen LogP contribution in [0.3, 0.4) is 0 Å². The minimum absolute atomic E-state index is 0.176. The summed E-state index contributed by atoms with van der Waals surface area (Å²) in [5.74, 6) is 0.501. The summed E-state index contributed by atoms with van der Waals surface area (Å²) in [6.07, 6.45) is 1.86. The summed E-state index contributed by atoms with van der Waals surface area (Å²) in [4.78, 5) is 0. The number of nitrogens with one attached hydrogen (secondary N) is 1. The Morgan fingerprint density at radius 1 is 1.40 bits per heavy atom. The first-order valence-corrected chi connectivity index (χ1v) is 7.88. The molecule has 0 radical (unpaired) electrons. The van der Waals surface area contributed by atoms with Gasteiger partial charge in [0.2, 0.25) is 0 Å². The SMILES string of the molecule is CC(C)C(CCO)NC1c2cc(Cl)ccc2CC1(C)C. The number of halogens is 1. The first-order valence-electron chi connectivity index (χ1n) is 7.50. The van der Waals surface area contributed by atoms with Crippen LogP contribution in [-0.4, -0.2) is 17.8 Å². The summed E-state index contributed by atoms with van der Waals surface area (Å²) in [7, 11) is 0. The molecule has 0 aliphatic heterocycles. The van der Waals surface area contributed by atoms with Gasteiger partial charge in [0, 0.05) is 23.7 Å². The van der Waals surface area contributed by atoms with Crippen LogP contribution in [0.15, 0.2) is 18.2 Å². The van der Waals surface area contributed by atoms with Crippen molar-refractivity contribution < 1.29 is 5.11 Å². The first-order chi connectivity index (χ1) is 9.35. The lowest BCUT2D eigenvalue weighted by Gasteiger charge is -2.34. The lowest BCUT2D eigenvalue weighted by atomic mass is 9.84. The molecule has 1 aromatic rings. The molecule has 0 fully saturated rings. The van der Waals surface area contributed by atoms with Crippen molar-refractivity contribution in [1.82, 2.24) is 5.32 Å². The van der Waals surface area contributed by atoms with Gasteiger partial charge in [0.05, 0.1) is 0 Å². The van der Waals surface area contributed by atoms with Gasteiger partial charge < -0.3 is 10.4 Å². The van der Waals surface area contributed by atoms with Crippen molar-refractivity contribution in [2.24, 2.45) is 11.3 Å². The van der Waals surface area contributed by atoms with Crippen LogP contribution in [0.1, 0.15) is 51.3 Å². The van der Waals surface area contributed by atoms with E-state index in [9.17, 15) is 5.11 Å². The van der Waals surface area contributed by atoms with Crippen LogP contribution in [0.25, 0.3) is 0 Å². The highest BCUT2D eigenvalue weighted by Gasteiger charge is 2.40. The Balaban J connectivity index is 2.27. The largest absolute Gasteiger partial charge is 0.396 e. The predicted molar refractivity (Wildman–Crippen MR) is 85.1 cm³/mol. The lowest BCUT2D eigenvalue weighted by Crippen LogP contribution is -2.41. The predicted octanol–water partition coefficient (Wildman–Crippen LogP) is 3.96. The molecule has 20 heavy (non-hydrogen) atoms. The number of hydrogen-bond donors (Lipinski definition) is 2. The molecule has 2 atom stereocenters. The molecule has 0 heterocycles. The highest BCUT2D eigenvalue weighted by molar-refractivity contribution is 6.30. The van der Waals surface area contributed by atoms with Gasteiger partial charge in [-0.2, -0.15) is 0 Å². The maximum Gasteiger partial charge on any atom is 0.0445 e. The summed E-state index contributed by atoms with van der Waals surface area (Å²) >= 11 is 6.17. The number of aliphatic hydroxyl groups excluding tert-OH is 1. The fraction of sp³-hybridized carbons (Fsp3) is 0.647. The van der Waals surface area contributed by atoms with Gasteiger partial charge in [-0.3, -0.25) is 0 Å². The molecule has 1 aliphatic carbocycles. The molecule has 0 saturated heterocycles. The molecular formula is C17H26ClNO. The molecule has 2 nitrogen and oxygen atoms in total. The van der Waals surface area contributed by atoms with E-state index in [-0.39, 0.29) is 12.0 Å². The van der Waals surface area contributed by atoms with Gasteiger partial charge in [0.1, 0.15) is 0 Å². The summed E-state index contributed by atoms with van der Waals surface area (Å²) in [6, 6.07) is 6.85. The number of aliphatic hydroxyl groups is 1. The number of rotatable bonds is 5. The molecule has 0 spiro atoms. The molecule has 112 valence electrons. The van der Waals surface area contributed by atoms with Crippen molar-refractivity contribution in [1.29, 1.82) is 0 Å². The number of fused-ring (bicyclic) bond motifs is 1. The second-order valence-corrected chi connectivity index (χ2v) is 7.41. The van der Waals surface area contributed by atoms with Crippen molar-refractivity contribution in [2.75, 3.05) is 6.61 Å². The average molecular weight is 296 g/mol. The smallest absolute Gasteiger partial charge is 0.0445 e. The number of benzene rings is 1. The van der Waals surface area contributed by atoms with Gasteiger partial charge in [0.15, 0.2) is 0 Å². The van der Waals surface area contributed by atoms with E-state index in [1.807, 2.05) is 6.07 Å². The quantitative estimate of drug-likeness (QED) is 0.862. The van der Waals surface area contributed by atoms with Gasteiger partial charge in [-0.15, -0.1) is 0 Å². The van der Waals surface area contributed by atoms with Gasteiger partial charge in [-0.25, -0.2) is 0 Å². The van der Waals surface area contributed by atoms with E-state index in [4.69, 9.17) is 11.6 Å². The highest BCUT2D eigenvalue weighted by Crippen LogP contribution is 2.46. The van der Waals surface area contributed by atoms with Gasteiger partial charge in [0.25, 0.3) is 0 Å². The molecule has 2 N–H and O–H groups in total. The van der Waals surface area contributed by atoms with Gasteiger partial charge >= 0.3 is 0 Å². The topological polar surface area (TPSA) is 32.3 Å². The normalized spacial score (nSPS) is 22.1. The molecule has 0 aromatic heterocycles. The van der Waals surface area contributed by atoms with E-state index in [1.54, 1.807) is 0 Å². The molecule has 0 amide bonds. The van der Waals surface area contributed by atoms with Crippen LogP contribution in [0, 0.1) is 11.3 Å². The Labute approximate surface area is 127 Å². The highest BCUT2D eigenvalue weighted by atomic mass is 35.5. The summed E-state index contributed by atoms with van der Waals surface area (Å²) in [5.41, 5.74) is 2.89. The standard InChI is InChI=1S/C17H26ClNO/c1-11(2)15(7-8-20)19-16-14-9-13(18)6-5-12(14)10-17(16,3)4/h5-6,9,11,15-16,19-20H,7-8,10H2,1-4H3. The van der Waals surface area contributed by atoms with Gasteiger partial charge in [-0.05, 0) is 47.4 Å². The minimum Gasteiger partial charge on any atom is -0.396 e. The molecule has 0 saturated carbocycles. The van der Waals surface area contributed by atoms with Crippen LogP contribution in [0.2, 0.25) is 5.02 Å². The maximum absolute atomic E-state index is 9.27. The molecule has 3 heteroatoms. The molecular weight excluding hydrogens is 270 g/mol. The first kappa shape index (κ1) is 15.8. The van der Waals surface area contributed by atoms with Crippen LogP contribution in [0.5, 0.6) is 0 Å². The Kier molecular flexibility index (Phi) is 4.78. The third-order valence-corrected chi connectivity index (χ3v) is 4.71. The van der Waals surface area contributed by atoms with Crippen LogP contribution >= 0.6 is 11.6 Å². The second kappa shape index (κ2) is 6.05. The Morgan fingerprint density at radius 3 is 2.70 bits per heavy atom. The summed E-state index contributed by atoms with van der Waals surface area (Å²) in [6.45, 7) is 9.23. The third kappa shape index (κ3) is 3.19. The van der Waals surface area contributed by atoms with Crippen LogP contribution in [0.4, 0.5) is 0 Å². The van der Waals surface area contributed by atoms with E-state index in [2.05, 4.69) is 45.1 Å². The van der Waals surface area contributed by atoms with E-state index in [1.165, 1.54) is 11.1 Å². The zero-order valence-corrected chi connectivity index (χ0v) is 13.7. The average Bonchev–Trinajstić information content (AvgIpc) is 2.59. The lowest BCUT2D eigenvalue weighted by molar-refractivity contribution is 0.193.